The van der Waals surface area contributed by atoms with E-state index in [0.717, 1.165) is 11.1 Å². The normalized spacial score (nSPS) is 18.6. The number of hydrogen-bond donors (Lipinski definition) is 1. The monoisotopic (exact) mass is 374 g/mol. The highest BCUT2D eigenvalue weighted by Crippen LogP contribution is 2.40. The highest BCUT2D eigenvalue weighted by molar-refractivity contribution is 6.46. The van der Waals surface area contributed by atoms with Crippen molar-refractivity contribution in [3.8, 4) is 0 Å². The van der Waals surface area contributed by atoms with Gasteiger partial charge in [0.25, 0.3) is 11.7 Å². The summed E-state index contributed by atoms with van der Waals surface area (Å²) in [6.45, 7) is 2.06. The van der Waals surface area contributed by atoms with E-state index in [1.165, 1.54) is 23.6 Å². The van der Waals surface area contributed by atoms with Gasteiger partial charge in [0.1, 0.15) is 11.5 Å². The van der Waals surface area contributed by atoms with Crippen molar-refractivity contribution in [1.29, 1.82) is 0 Å². The van der Waals surface area contributed by atoms with Crippen molar-refractivity contribution in [1.82, 2.24) is 9.88 Å². The number of hydrogen-bond acceptors (Lipinski definition) is 5. The Morgan fingerprint density at radius 3 is 2.61 bits per heavy atom. The molecule has 28 heavy (non-hydrogen) atoms. The Kier molecular flexibility index (Phi) is 4.53. The molecule has 0 saturated carbocycles. The average Bonchev–Trinajstić information content (AvgIpc) is 3.30. The Morgan fingerprint density at radius 1 is 1.14 bits per heavy atom. The first-order valence-electron chi connectivity index (χ1n) is 8.84. The third-order valence-electron chi connectivity index (χ3n) is 4.76. The molecule has 1 fully saturated rings. The first-order chi connectivity index (χ1) is 13.6. The molecule has 1 aliphatic heterocycles. The first kappa shape index (κ1) is 17.7. The summed E-state index contributed by atoms with van der Waals surface area (Å²) in [6.07, 6.45) is 4.57. The molecule has 140 valence electrons. The van der Waals surface area contributed by atoms with Crippen molar-refractivity contribution >= 4 is 17.4 Å². The number of aliphatic hydroxyl groups is 1. The predicted molar refractivity (Wildman–Crippen MR) is 102 cm³/mol. The molecule has 6 heteroatoms. The maximum atomic E-state index is 12.9. The van der Waals surface area contributed by atoms with Crippen LogP contribution in [0.15, 0.2) is 77.2 Å². The van der Waals surface area contributed by atoms with Gasteiger partial charge in [0.2, 0.25) is 0 Å². The maximum Gasteiger partial charge on any atom is 0.296 e. The lowest BCUT2D eigenvalue weighted by Crippen LogP contribution is -2.29. The highest BCUT2D eigenvalue weighted by Gasteiger charge is 2.46. The number of aryl methyl sites for hydroxylation is 1. The molecule has 0 radical (unpaired) electrons. The molecule has 1 amide bonds. The van der Waals surface area contributed by atoms with Crippen LogP contribution in [0.5, 0.6) is 0 Å². The minimum atomic E-state index is -0.715. The first-order valence-corrected chi connectivity index (χ1v) is 8.84. The fourth-order valence-corrected chi connectivity index (χ4v) is 3.47. The van der Waals surface area contributed by atoms with Crippen LogP contribution in [0.3, 0.4) is 0 Å². The van der Waals surface area contributed by atoms with Crippen LogP contribution in [-0.4, -0.2) is 26.7 Å². The standard InChI is InChI=1S/C22H18N2O4/c1-14-4-2-5-16(12-14)19-18(20(25)15-7-9-23-10-8-15)21(26)22(27)24(19)13-17-6-3-11-28-17/h2-12,19,25H,13H2,1H3/b20-18-. The second-order valence-corrected chi connectivity index (χ2v) is 6.66. The van der Waals surface area contributed by atoms with Crippen LogP contribution in [-0.2, 0) is 16.1 Å². The van der Waals surface area contributed by atoms with E-state index < -0.39 is 17.7 Å². The highest BCUT2D eigenvalue weighted by atomic mass is 16.3. The minimum Gasteiger partial charge on any atom is -0.507 e. The minimum absolute atomic E-state index is 0.0633. The van der Waals surface area contributed by atoms with E-state index in [0.29, 0.717) is 11.3 Å². The van der Waals surface area contributed by atoms with Crippen LogP contribution in [0.25, 0.3) is 5.76 Å². The van der Waals surface area contributed by atoms with Crippen LogP contribution >= 0.6 is 0 Å². The lowest BCUT2D eigenvalue weighted by molar-refractivity contribution is -0.140. The average molecular weight is 374 g/mol. The van der Waals surface area contributed by atoms with Crippen molar-refractivity contribution in [2.75, 3.05) is 0 Å². The van der Waals surface area contributed by atoms with Gasteiger partial charge in [0, 0.05) is 18.0 Å². The van der Waals surface area contributed by atoms with Crippen LogP contribution in [0, 0.1) is 6.92 Å². The number of pyridine rings is 1. The molecule has 1 N–H and O–H groups in total. The molecule has 0 spiro atoms. The molecule has 3 heterocycles. The van der Waals surface area contributed by atoms with Crippen molar-refractivity contribution in [2.24, 2.45) is 0 Å². The summed E-state index contributed by atoms with van der Waals surface area (Å²) in [7, 11) is 0. The number of carbonyl (C=O) groups is 2. The van der Waals surface area contributed by atoms with Crippen molar-refractivity contribution in [3.05, 3.63) is 95.2 Å². The van der Waals surface area contributed by atoms with Gasteiger partial charge >= 0.3 is 0 Å². The quantitative estimate of drug-likeness (QED) is 0.428. The molecule has 1 aliphatic rings. The van der Waals surface area contributed by atoms with Crippen molar-refractivity contribution in [2.45, 2.75) is 19.5 Å². The molecule has 6 nitrogen and oxygen atoms in total. The number of aliphatic hydroxyl groups excluding tert-OH is 1. The molecule has 1 atom stereocenters. The van der Waals surface area contributed by atoms with Crippen LogP contribution in [0.2, 0.25) is 0 Å². The molecule has 0 bridgehead atoms. The third kappa shape index (κ3) is 3.09. The number of furan rings is 1. The van der Waals surface area contributed by atoms with E-state index in [1.807, 2.05) is 31.2 Å². The zero-order valence-electron chi connectivity index (χ0n) is 15.2. The lowest BCUT2D eigenvalue weighted by atomic mass is 9.94. The van der Waals surface area contributed by atoms with Gasteiger partial charge in [-0.05, 0) is 36.8 Å². The van der Waals surface area contributed by atoms with Gasteiger partial charge < -0.3 is 14.4 Å². The summed E-state index contributed by atoms with van der Waals surface area (Å²) in [5, 5.41) is 10.9. The smallest absolute Gasteiger partial charge is 0.296 e. The number of Topliss-reactive ketones (excluding diaryl/α,β-unsaturated/α-hetero) is 1. The lowest BCUT2D eigenvalue weighted by Gasteiger charge is -2.24. The van der Waals surface area contributed by atoms with Gasteiger partial charge in [-0.25, -0.2) is 0 Å². The molecular formula is C22H18N2O4. The van der Waals surface area contributed by atoms with E-state index >= 15 is 0 Å². The maximum absolute atomic E-state index is 12.9. The fraction of sp³-hybridized carbons (Fsp3) is 0.136. The number of ketones is 1. The van der Waals surface area contributed by atoms with Gasteiger partial charge in [0.15, 0.2) is 0 Å². The van der Waals surface area contributed by atoms with Gasteiger partial charge in [-0.2, -0.15) is 0 Å². The summed E-state index contributed by atoms with van der Waals surface area (Å²) >= 11 is 0. The zero-order valence-corrected chi connectivity index (χ0v) is 15.2. The van der Waals surface area contributed by atoms with Gasteiger partial charge in [-0.1, -0.05) is 29.8 Å². The van der Waals surface area contributed by atoms with Gasteiger partial charge in [-0.15, -0.1) is 0 Å². The largest absolute Gasteiger partial charge is 0.507 e. The number of rotatable bonds is 4. The second kappa shape index (κ2) is 7.15. The molecule has 4 rings (SSSR count). The molecule has 1 saturated heterocycles. The Hall–Kier alpha value is -3.67. The number of carbonyl (C=O) groups excluding carboxylic acids is 2. The summed E-state index contributed by atoms with van der Waals surface area (Å²) in [6, 6.07) is 13.5. The van der Waals surface area contributed by atoms with Crippen molar-refractivity contribution in [3.63, 3.8) is 0 Å². The van der Waals surface area contributed by atoms with Crippen molar-refractivity contribution < 1.29 is 19.1 Å². The van der Waals surface area contributed by atoms with E-state index in [-0.39, 0.29) is 17.9 Å². The fourth-order valence-electron chi connectivity index (χ4n) is 3.47. The molecule has 2 aromatic heterocycles. The molecule has 1 aromatic carbocycles. The molecule has 0 aliphatic carbocycles. The summed E-state index contributed by atoms with van der Waals surface area (Å²) in [5.74, 6) is -1.04. The number of aromatic nitrogens is 1. The SMILES string of the molecule is Cc1cccc(C2/C(=C(/O)c3ccncc3)C(=O)C(=O)N2Cc2ccco2)c1. The number of benzene rings is 1. The van der Waals surface area contributed by atoms with E-state index in [9.17, 15) is 14.7 Å². The topological polar surface area (TPSA) is 83.6 Å². The Balaban J connectivity index is 1.88. The number of amides is 1. The molecular weight excluding hydrogens is 356 g/mol. The zero-order chi connectivity index (χ0) is 19.7. The van der Waals surface area contributed by atoms with E-state index in [2.05, 4.69) is 4.98 Å². The number of likely N-dealkylation sites (tertiary alicyclic amines) is 1. The predicted octanol–water partition coefficient (Wildman–Crippen LogP) is 3.60. The molecule has 3 aromatic rings. The summed E-state index contributed by atoms with van der Waals surface area (Å²) in [4.78, 5) is 31.1. The van der Waals surface area contributed by atoms with Gasteiger partial charge in [-0.3, -0.25) is 14.6 Å². The van der Waals surface area contributed by atoms with Crippen LogP contribution in [0.1, 0.15) is 28.5 Å². The summed E-state index contributed by atoms with van der Waals surface area (Å²) in [5.41, 5.74) is 2.24. The van der Waals surface area contributed by atoms with Gasteiger partial charge in [0.05, 0.1) is 24.4 Å². The third-order valence-corrected chi connectivity index (χ3v) is 4.76. The van der Waals surface area contributed by atoms with Crippen LogP contribution in [0.4, 0.5) is 0 Å². The van der Waals surface area contributed by atoms with E-state index in [4.69, 9.17) is 4.42 Å². The van der Waals surface area contributed by atoms with Crippen LogP contribution < -0.4 is 0 Å². The van der Waals surface area contributed by atoms with E-state index in [1.54, 1.807) is 24.3 Å². The second-order valence-electron chi connectivity index (χ2n) is 6.66. The molecule has 1 unspecified atom stereocenters. The summed E-state index contributed by atoms with van der Waals surface area (Å²) < 4.78 is 5.38. The number of nitrogens with zero attached hydrogens (tertiary/aromatic N) is 2. The Bertz CT molecular complexity index is 1060. The Labute approximate surface area is 161 Å². The Morgan fingerprint density at radius 2 is 1.93 bits per heavy atom.